The molecule has 0 radical (unpaired) electrons. The number of halogens is 2. The lowest BCUT2D eigenvalue weighted by molar-refractivity contribution is 0.449. The van der Waals surface area contributed by atoms with Gasteiger partial charge in [-0.2, -0.15) is 0 Å². The van der Waals surface area contributed by atoms with E-state index < -0.39 is 0 Å². The van der Waals surface area contributed by atoms with Crippen LogP contribution in [0, 0.1) is 12.7 Å². The Morgan fingerprint density at radius 2 is 2.10 bits per heavy atom. The number of aryl methyl sites for hydroxylation is 1. The zero-order valence-corrected chi connectivity index (χ0v) is 13.0. The largest absolute Gasteiger partial charge is 0.317 e. The standard InChI is InChI=1S/C15H17BrFN3/c1-10-6-13(17)12(16)7-14(10)20-9-19-8-15(20)11-2-4-18-5-3-11/h6-9,11,18H,2-5H2,1H3. The molecule has 3 rings (SSSR count). The summed E-state index contributed by atoms with van der Waals surface area (Å²) in [6, 6.07) is 3.39. The molecule has 1 N–H and O–H groups in total. The minimum Gasteiger partial charge on any atom is -0.317 e. The van der Waals surface area contributed by atoms with Crippen molar-refractivity contribution in [2.45, 2.75) is 25.7 Å². The molecule has 106 valence electrons. The van der Waals surface area contributed by atoms with Gasteiger partial charge in [-0.15, -0.1) is 0 Å². The van der Waals surface area contributed by atoms with Gasteiger partial charge in [-0.1, -0.05) is 0 Å². The van der Waals surface area contributed by atoms with E-state index in [1.165, 1.54) is 5.69 Å². The highest BCUT2D eigenvalue weighted by Crippen LogP contribution is 2.30. The summed E-state index contributed by atoms with van der Waals surface area (Å²) in [5, 5.41) is 3.38. The van der Waals surface area contributed by atoms with Crippen LogP contribution in [-0.2, 0) is 0 Å². The Morgan fingerprint density at radius 3 is 2.85 bits per heavy atom. The van der Waals surface area contributed by atoms with Crippen LogP contribution < -0.4 is 5.32 Å². The topological polar surface area (TPSA) is 29.9 Å². The minimum absolute atomic E-state index is 0.227. The molecule has 0 unspecified atom stereocenters. The summed E-state index contributed by atoms with van der Waals surface area (Å²) >= 11 is 3.27. The molecule has 0 amide bonds. The summed E-state index contributed by atoms with van der Waals surface area (Å²) in [6.07, 6.45) is 6.00. The van der Waals surface area contributed by atoms with Crippen LogP contribution in [0.25, 0.3) is 5.69 Å². The van der Waals surface area contributed by atoms with E-state index in [0.29, 0.717) is 10.4 Å². The molecule has 1 aliphatic rings. The lowest BCUT2D eigenvalue weighted by Gasteiger charge is -2.24. The molecule has 1 aromatic heterocycles. The number of hydrogen-bond acceptors (Lipinski definition) is 2. The number of benzene rings is 1. The number of nitrogens with one attached hydrogen (secondary N) is 1. The van der Waals surface area contributed by atoms with Crippen molar-refractivity contribution in [1.82, 2.24) is 14.9 Å². The quantitative estimate of drug-likeness (QED) is 0.908. The molecule has 0 bridgehead atoms. The van der Waals surface area contributed by atoms with E-state index in [4.69, 9.17) is 0 Å². The molecule has 1 aliphatic heterocycles. The molecule has 2 aromatic rings. The lowest BCUT2D eigenvalue weighted by atomic mass is 9.94. The molecule has 5 heteroatoms. The highest BCUT2D eigenvalue weighted by atomic mass is 79.9. The Balaban J connectivity index is 2.03. The van der Waals surface area contributed by atoms with Gasteiger partial charge in [-0.3, -0.25) is 0 Å². The van der Waals surface area contributed by atoms with Crippen molar-refractivity contribution in [3.8, 4) is 5.69 Å². The van der Waals surface area contributed by atoms with E-state index in [2.05, 4.69) is 30.8 Å². The smallest absolute Gasteiger partial charge is 0.137 e. The van der Waals surface area contributed by atoms with E-state index >= 15 is 0 Å². The summed E-state index contributed by atoms with van der Waals surface area (Å²) in [7, 11) is 0. The maximum atomic E-state index is 13.6. The molecule has 0 spiro atoms. The normalized spacial score (nSPS) is 16.6. The Morgan fingerprint density at radius 1 is 1.35 bits per heavy atom. The van der Waals surface area contributed by atoms with Gasteiger partial charge in [-0.25, -0.2) is 9.37 Å². The fourth-order valence-corrected chi connectivity index (χ4v) is 3.15. The maximum absolute atomic E-state index is 13.6. The van der Waals surface area contributed by atoms with Crippen molar-refractivity contribution in [1.29, 1.82) is 0 Å². The van der Waals surface area contributed by atoms with E-state index in [1.54, 1.807) is 6.07 Å². The lowest BCUT2D eigenvalue weighted by Crippen LogP contribution is -2.27. The monoisotopic (exact) mass is 337 g/mol. The van der Waals surface area contributed by atoms with Crippen molar-refractivity contribution in [3.05, 3.63) is 46.2 Å². The van der Waals surface area contributed by atoms with Crippen LogP contribution in [0.15, 0.2) is 29.1 Å². The molecule has 3 nitrogen and oxygen atoms in total. The molecular formula is C15H17BrFN3. The molecule has 2 heterocycles. The van der Waals surface area contributed by atoms with Crippen LogP contribution in [0.3, 0.4) is 0 Å². The summed E-state index contributed by atoms with van der Waals surface area (Å²) < 4.78 is 16.2. The summed E-state index contributed by atoms with van der Waals surface area (Å²) in [6.45, 7) is 4.01. The van der Waals surface area contributed by atoms with Gasteiger partial charge in [0, 0.05) is 17.8 Å². The van der Waals surface area contributed by atoms with Gasteiger partial charge in [0.25, 0.3) is 0 Å². The van der Waals surface area contributed by atoms with Gasteiger partial charge >= 0.3 is 0 Å². The number of hydrogen-bond donors (Lipinski definition) is 1. The second-order valence-electron chi connectivity index (χ2n) is 5.27. The second kappa shape index (κ2) is 5.66. The molecule has 1 saturated heterocycles. The Kier molecular flexibility index (Phi) is 3.89. The molecule has 0 aliphatic carbocycles. The Bertz CT molecular complexity index is 618. The number of piperidine rings is 1. The molecule has 1 aromatic carbocycles. The number of nitrogens with zero attached hydrogens (tertiary/aromatic N) is 2. The van der Waals surface area contributed by atoms with Crippen molar-refractivity contribution in [3.63, 3.8) is 0 Å². The molecular weight excluding hydrogens is 321 g/mol. The predicted molar refractivity (Wildman–Crippen MR) is 80.8 cm³/mol. The summed E-state index contributed by atoms with van der Waals surface area (Å²) in [4.78, 5) is 4.30. The first-order valence-electron chi connectivity index (χ1n) is 6.86. The number of aromatic nitrogens is 2. The highest BCUT2D eigenvalue weighted by molar-refractivity contribution is 9.10. The molecule has 0 atom stereocenters. The average Bonchev–Trinajstić information content (AvgIpc) is 2.93. The van der Waals surface area contributed by atoms with Crippen LogP contribution in [-0.4, -0.2) is 22.6 Å². The van der Waals surface area contributed by atoms with E-state index in [9.17, 15) is 4.39 Å². The third-order valence-electron chi connectivity index (χ3n) is 3.92. The van der Waals surface area contributed by atoms with Crippen molar-refractivity contribution >= 4 is 15.9 Å². The van der Waals surface area contributed by atoms with Gasteiger partial charge in [0.15, 0.2) is 0 Å². The molecule has 1 fully saturated rings. The predicted octanol–water partition coefficient (Wildman–Crippen LogP) is 3.55. The highest BCUT2D eigenvalue weighted by Gasteiger charge is 2.20. The van der Waals surface area contributed by atoms with E-state index in [-0.39, 0.29) is 5.82 Å². The second-order valence-corrected chi connectivity index (χ2v) is 6.12. The minimum atomic E-state index is -0.227. The van der Waals surface area contributed by atoms with Crippen LogP contribution in [0.1, 0.15) is 30.0 Å². The fourth-order valence-electron chi connectivity index (χ4n) is 2.82. The van der Waals surface area contributed by atoms with Gasteiger partial charge < -0.3 is 9.88 Å². The Labute approximate surface area is 126 Å². The van der Waals surface area contributed by atoms with Crippen LogP contribution in [0.4, 0.5) is 4.39 Å². The number of rotatable bonds is 2. The van der Waals surface area contributed by atoms with Gasteiger partial charge in [-0.05, 0) is 66.5 Å². The van der Waals surface area contributed by atoms with Crippen molar-refractivity contribution in [2.24, 2.45) is 0 Å². The Hall–Kier alpha value is -1.20. The SMILES string of the molecule is Cc1cc(F)c(Br)cc1-n1cncc1C1CCNCC1. The third-order valence-corrected chi connectivity index (χ3v) is 4.53. The van der Waals surface area contributed by atoms with Crippen LogP contribution in [0.2, 0.25) is 0 Å². The zero-order chi connectivity index (χ0) is 14.1. The van der Waals surface area contributed by atoms with Crippen molar-refractivity contribution in [2.75, 3.05) is 13.1 Å². The summed E-state index contributed by atoms with van der Waals surface area (Å²) in [5.74, 6) is 0.289. The van der Waals surface area contributed by atoms with E-state index in [1.807, 2.05) is 25.5 Å². The first kappa shape index (κ1) is 13.8. The first-order valence-corrected chi connectivity index (χ1v) is 7.65. The van der Waals surface area contributed by atoms with E-state index in [0.717, 1.165) is 37.2 Å². The molecule has 0 saturated carbocycles. The van der Waals surface area contributed by atoms with Gasteiger partial charge in [0.05, 0.1) is 16.5 Å². The third kappa shape index (κ3) is 2.52. The van der Waals surface area contributed by atoms with Gasteiger partial charge in [0.2, 0.25) is 0 Å². The first-order chi connectivity index (χ1) is 9.66. The number of imidazole rings is 1. The average molecular weight is 338 g/mol. The zero-order valence-electron chi connectivity index (χ0n) is 11.4. The maximum Gasteiger partial charge on any atom is 0.137 e. The fraction of sp³-hybridized carbons (Fsp3) is 0.400. The van der Waals surface area contributed by atoms with Crippen molar-refractivity contribution < 1.29 is 4.39 Å². The summed E-state index contributed by atoms with van der Waals surface area (Å²) in [5.41, 5.74) is 3.12. The van der Waals surface area contributed by atoms with Crippen LogP contribution in [0.5, 0.6) is 0 Å². The van der Waals surface area contributed by atoms with Crippen LogP contribution >= 0.6 is 15.9 Å². The van der Waals surface area contributed by atoms with Gasteiger partial charge in [0.1, 0.15) is 5.82 Å². The molecule has 20 heavy (non-hydrogen) atoms.